The maximum absolute atomic E-state index is 13.2. The highest BCUT2D eigenvalue weighted by molar-refractivity contribution is 5.82. The SMILES string of the molecule is O=[N+]1c2ccccc2-c2nc3ccccc3nc2C1c1ccccc1. The Kier molecular flexibility index (Phi) is 2.97. The highest BCUT2D eigenvalue weighted by Crippen LogP contribution is 2.44. The maximum Gasteiger partial charge on any atom is 0.277 e. The molecule has 1 aromatic heterocycles. The molecule has 2 heterocycles. The summed E-state index contributed by atoms with van der Waals surface area (Å²) in [5.41, 5.74) is 5.51. The lowest BCUT2D eigenvalue weighted by molar-refractivity contribution is -0.502. The molecule has 0 N–H and O–H groups in total. The molecule has 0 saturated heterocycles. The maximum atomic E-state index is 13.2. The fourth-order valence-corrected chi connectivity index (χ4v) is 3.45. The highest BCUT2D eigenvalue weighted by atomic mass is 16.3. The molecule has 4 heteroatoms. The van der Waals surface area contributed by atoms with Crippen LogP contribution in [0.4, 0.5) is 5.69 Å². The van der Waals surface area contributed by atoms with Gasteiger partial charge in [-0.1, -0.05) is 54.6 Å². The normalized spacial score (nSPS) is 15.7. The van der Waals surface area contributed by atoms with E-state index in [1.807, 2.05) is 78.9 Å². The highest BCUT2D eigenvalue weighted by Gasteiger charge is 2.42. The molecule has 4 aromatic rings. The third kappa shape index (κ3) is 2.08. The number of para-hydroxylation sites is 3. The van der Waals surface area contributed by atoms with Crippen LogP contribution in [0.15, 0.2) is 78.9 Å². The van der Waals surface area contributed by atoms with Gasteiger partial charge >= 0.3 is 0 Å². The molecular formula is C21H14N3O+. The number of hydrogen-bond acceptors (Lipinski definition) is 3. The van der Waals surface area contributed by atoms with Crippen molar-refractivity contribution >= 4 is 16.7 Å². The third-order valence-corrected chi connectivity index (χ3v) is 4.60. The van der Waals surface area contributed by atoms with Gasteiger partial charge in [0.25, 0.3) is 11.7 Å². The van der Waals surface area contributed by atoms with Crippen molar-refractivity contribution in [2.45, 2.75) is 6.04 Å². The summed E-state index contributed by atoms with van der Waals surface area (Å²) in [5.74, 6) is 0. The van der Waals surface area contributed by atoms with E-state index in [0.29, 0.717) is 11.4 Å². The second-order valence-corrected chi connectivity index (χ2v) is 6.10. The Hall–Kier alpha value is -3.40. The Balaban J connectivity index is 1.87. The molecule has 1 atom stereocenters. The summed E-state index contributed by atoms with van der Waals surface area (Å²) in [6.07, 6.45) is 0. The molecule has 118 valence electrons. The van der Waals surface area contributed by atoms with E-state index in [-0.39, 0.29) is 0 Å². The first kappa shape index (κ1) is 14.0. The third-order valence-electron chi connectivity index (χ3n) is 4.60. The molecule has 3 aromatic carbocycles. The number of nitrogens with zero attached hydrogens (tertiary/aromatic N) is 3. The Morgan fingerprint density at radius 2 is 1.36 bits per heavy atom. The molecule has 0 amide bonds. The van der Waals surface area contributed by atoms with E-state index in [0.717, 1.165) is 32.6 Å². The summed E-state index contributed by atoms with van der Waals surface area (Å²) in [4.78, 5) is 22.8. The first-order valence-corrected chi connectivity index (χ1v) is 8.20. The molecule has 5 rings (SSSR count). The number of fused-ring (bicyclic) bond motifs is 4. The van der Waals surface area contributed by atoms with E-state index in [1.165, 1.54) is 0 Å². The summed E-state index contributed by atoms with van der Waals surface area (Å²) >= 11 is 0. The van der Waals surface area contributed by atoms with E-state index in [2.05, 4.69) is 0 Å². The molecule has 0 aliphatic carbocycles. The van der Waals surface area contributed by atoms with Crippen LogP contribution in [0, 0.1) is 4.91 Å². The minimum atomic E-state index is -0.497. The second kappa shape index (κ2) is 5.31. The Labute approximate surface area is 144 Å². The molecule has 1 aliphatic heterocycles. The lowest BCUT2D eigenvalue weighted by Crippen LogP contribution is -2.21. The molecule has 4 nitrogen and oxygen atoms in total. The van der Waals surface area contributed by atoms with Gasteiger partial charge < -0.3 is 0 Å². The molecule has 0 radical (unpaired) electrons. The molecule has 1 unspecified atom stereocenters. The van der Waals surface area contributed by atoms with Crippen molar-refractivity contribution in [3.63, 3.8) is 0 Å². The molecule has 0 bridgehead atoms. The predicted octanol–water partition coefficient (Wildman–Crippen LogP) is 4.81. The Morgan fingerprint density at radius 1 is 0.720 bits per heavy atom. The molecular weight excluding hydrogens is 310 g/mol. The van der Waals surface area contributed by atoms with Gasteiger partial charge in [0.05, 0.1) is 21.4 Å². The second-order valence-electron chi connectivity index (χ2n) is 6.10. The molecule has 0 fully saturated rings. The number of benzene rings is 3. The zero-order valence-electron chi connectivity index (χ0n) is 13.3. The van der Waals surface area contributed by atoms with Crippen LogP contribution in [0.5, 0.6) is 0 Å². The van der Waals surface area contributed by atoms with Gasteiger partial charge in [-0.2, -0.15) is 0 Å². The molecule has 0 saturated carbocycles. The minimum absolute atomic E-state index is 0.497. The quantitative estimate of drug-likeness (QED) is 0.472. The summed E-state index contributed by atoms with van der Waals surface area (Å²) < 4.78 is 1.05. The van der Waals surface area contributed by atoms with Crippen molar-refractivity contribution in [2.24, 2.45) is 0 Å². The fourth-order valence-electron chi connectivity index (χ4n) is 3.45. The minimum Gasteiger partial charge on any atom is -0.244 e. The Morgan fingerprint density at radius 3 is 2.16 bits per heavy atom. The van der Waals surface area contributed by atoms with Crippen LogP contribution < -0.4 is 0 Å². The largest absolute Gasteiger partial charge is 0.277 e. The topological polar surface area (TPSA) is 45.9 Å². The van der Waals surface area contributed by atoms with Crippen molar-refractivity contribution in [1.82, 2.24) is 9.97 Å². The van der Waals surface area contributed by atoms with Crippen LogP contribution in [0.25, 0.3) is 22.3 Å². The summed E-state index contributed by atoms with van der Waals surface area (Å²) in [5, 5.41) is 0. The number of aromatic nitrogens is 2. The average molecular weight is 324 g/mol. The van der Waals surface area contributed by atoms with Gasteiger partial charge in [-0.25, -0.2) is 9.97 Å². The first-order valence-electron chi connectivity index (χ1n) is 8.20. The van der Waals surface area contributed by atoms with E-state index >= 15 is 0 Å². The van der Waals surface area contributed by atoms with E-state index in [4.69, 9.17) is 9.97 Å². The van der Waals surface area contributed by atoms with Crippen molar-refractivity contribution in [1.29, 1.82) is 0 Å². The van der Waals surface area contributed by atoms with Crippen LogP contribution in [0.1, 0.15) is 17.3 Å². The standard InChI is InChI=1S/C21H14N3O/c25-24-18-13-7-4-10-15(18)19-20(21(24)14-8-2-1-3-9-14)23-17-12-6-5-11-16(17)22-19/h1-13,21H/q+1. The van der Waals surface area contributed by atoms with Gasteiger partial charge in [-0.15, -0.1) is 0 Å². The summed E-state index contributed by atoms with van der Waals surface area (Å²) in [6, 6.07) is 24.6. The smallest absolute Gasteiger partial charge is 0.244 e. The summed E-state index contributed by atoms with van der Waals surface area (Å²) in [6.45, 7) is 0. The lowest BCUT2D eigenvalue weighted by atomic mass is 9.93. The number of nitroso groups, excluding NO2 is 1. The van der Waals surface area contributed by atoms with Crippen LogP contribution >= 0.6 is 0 Å². The van der Waals surface area contributed by atoms with Crippen molar-refractivity contribution < 1.29 is 4.76 Å². The van der Waals surface area contributed by atoms with Gasteiger partial charge in [0.15, 0.2) is 0 Å². The van der Waals surface area contributed by atoms with Gasteiger partial charge in [0.2, 0.25) is 0 Å². The lowest BCUT2D eigenvalue weighted by Gasteiger charge is -2.19. The van der Waals surface area contributed by atoms with E-state index < -0.39 is 6.04 Å². The van der Waals surface area contributed by atoms with E-state index in [9.17, 15) is 4.91 Å². The zero-order valence-corrected chi connectivity index (χ0v) is 13.3. The van der Waals surface area contributed by atoms with Crippen molar-refractivity contribution in [2.75, 3.05) is 0 Å². The molecule has 25 heavy (non-hydrogen) atoms. The van der Waals surface area contributed by atoms with Crippen LogP contribution in [-0.4, -0.2) is 14.7 Å². The monoisotopic (exact) mass is 324 g/mol. The molecule has 0 spiro atoms. The van der Waals surface area contributed by atoms with Crippen molar-refractivity contribution in [3.8, 4) is 11.3 Å². The summed E-state index contributed by atoms with van der Waals surface area (Å²) in [7, 11) is 0. The van der Waals surface area contributed by atoms with Crippen LogP contribution in [0.3, 0.4) is 0 Å². The van der Waals surface area contributed by atoms with Gasteiger partial charge in [0.1, 0.15) is 11.4 Å². The van der Waals surface area contributed by atoms with Crippen LogP contribution in [-0.2, 0) is 0 Å². The van der Waals surface area contributed by atoms with Gasteiger partial charge in [-0.3, -0.25) is 0 Å². The van der Waals surface area contributed by atoms with E-state index in [1.54, 1.807) is 0 Å². The predicted molar refractivity (Wildman–Crippen MR) is 96.5 cm³/mol. The van der Waals surface area contributed by atoms with Crippen molar-refractivity contribution in [3.05, 3.63) is 95.0 Å². The van der Waals surface area contributed by atoms with Crippen LogP contribution in [0.2, 0.25) is 0 Å². The Bertz CT molecular complexity index is 1120. The average Bonchev–Trinajstić information content (AvgIpc) is 2.68. The van der Waals surface area contributed by atoms with Gasteiger partial charge in [-0.05, 0) is 18.2 Å². The fraction of sp³-hybridized carbons (Fsp3) is 0.0476. The zero-order chi connectivity index (χ0) is 16.8. The number of rotatable bonds is 1. The number of hydrogen-bond donors (Lipinski definition) is 0. The van der Waals surface area contributed by atoms with Gasteiger partial charge in [0, 0.05) is 16.5 Å². The first-order chi connectivity index (χ1) is 12.3. The molecule has 1 aliphatic rings.